The van der Waals surface area contributed by atoms with Crippen LogP contribution in [0, 0.1) is 24.0 Å². The smallest absolute Gasteiger partial charge is 0.343 e. The van der Waals surface area contributed by atoms with E-state index in [2.05, 4.69) is 9.84 Å². The van der Waals surface area contributed by atoms with E-state index in [4.69, 9.17) is 9.47 Å². The van der Waals surface area contributed by atoms with Gasteiger partial charge < -0.3 is 14.2 Å². The lowest BCUT2D eigenvalue weighted by Crippen LogP contribution is -2.10. The van der Waals surface area contributed by atoms with E-state index >= 15 is 0 Å². The van der Waals surface area contributed by atoms with Crippen LogP contribution in [0.5, 0.6) is 11.5 Å². The van der Waals surface area contributed by atoms with Crippen LogP contribution < -0.4 is 9.47 Å². The third kappa shape index (κ3) is 4.59. The summed E-state index contributed by atoms with van der Waals surface area (Å²) in [4.78, 5) is 34.9. The van der Waals surface area contributed by atoms with Gasteiger partial charge in [0.25, 0.3) is 0 Å². The van der Waals surface area contributed by atoms with Gasteiger partial charge in [-0.3, -0.25) is 14.8 Å². The first-order valence-corrected chi connectivity index (χ1v) is 9.51. The number of aryl methyl sites for hydroxylation is 1. The van der Waals surface area contributed by atoms with E-state index in [-0.39, 0.29) is 22.7 Å². The summed E-state index contributed by atoms with van der Waals surface area (Å²) in [6, 6.07) is 11.0. The Hall–Kier alpha value is -4.21. The zero-order valence-electron chi connectivity index (χ0n) is 17.9. The van der Waals surface area contributed by atoms with Crippen LogP contribution in [-0.2, 0) is 11.3 Å². The molecule has 0 bridgehead atoms. The third-order valence-corrected chi connectivity index (χ3v) is 4.84. The largest absolute Gasteiger partial charge is 0.493 e. The molecule has 3 rings (SSSR count). The Labute approximate surface area is 183 Å². The first-order valence-electron chi connectivity index (χ1n) is 9.51. The second kappa shape index (κ2) is 9.29. The predicted molar refractivity (Wildman–Crippen MR) is 113 cm³/mol. The summed E-state index contributed by atoms with van der Waals surface area (Å²) in [6.45, 7) is 3.55. The third-order valence-electron chi connectivity index (χ3n) is 4.84. The highest BCUT2D eigenvalue weighted by Gasteiger charge is 2.22. The van der Waals surface area contributed by atoms with Gasteiger partial charge in [-0.1, -0.05) is 12.1 Å². The minimum absolute atomic E-state index is 0.00244. The maximum absolute atomic E-state index is 12.5. The normalized spacial score (nSPS) is 10.5. The SMILES string of the molecule is COC(=O)c1ccc(OC(=O)c2ccc(Cn3nc(C)c([N+](=O)[O-])c3C)cc2)c(OC)c1. The zero-order valence-corrected chi connectivity index (χ0v) is 17.9. The van der Waals surface area contributed by atoms with Gasteiger partial charge in [-0.2, -0.15) is 5.10 Å². The number of esters is 2. The van der Waals surface area contributed by atoms with Gasteiger partial charge >= 0.3 is 17.6 Å². The number of nitrogens with zero attached hydrogens (tertiary/aromatic N) is 3. The van der Waals surface area contributed by atoms with Gasteiger partial charge in [-0.15, -0.1) is 0 Å². The second-order valence-corrected chi connectivity index (χ2v) is 6.88. The maximum atomic E-state index is 12.5. The Morgan fingerprint density at radius 3 is 2.22 bits per heavy atom. The fraction of sp³-hybridized carbons (Fsp3) is 0.227. The molecule has 10 heteroatoms. The molecule has 0 amide bonds. The number of carbonyl (C=O) groups is 2. The summed E-state index contributed by atoms with van der Waals surface area (Å²) >= 11 is 0. The van der Waals surface area contributed by atoms with Crippen LogP contribution in [0.15, 0.2) is 42.5 Å². The molecule has 10 nitrogen and oxygen atoms in total. The highest BCUT2D eigenvalue weighted by atomic mass is 16.6. The van der Waals surface area contributed by atoms with Gasteiger partial charge in [-0.05, 0) is 49.7 Å². The van der Waals surface area contributed by atoms with E-state index in [1.165, 1.54) is 32.4 Å². The van der Waals surface area contributed by atoms with Crippen molar-refractivity contribution in [2.75, 3.05) is 14.2 Å². The van der Waals surface area contributed by atoms with Gasteiger partial charge in [0.05, 0.1) is 36.8 Å². The van der Waals surface area contributed by atoms with Crippen LogP contribution >= 0.6 is 0 Å². The quantitative estimate of drug-likeness (QED) is 0.237. The minimum Gasteiger partial charge on any atom is -0.493 e. The Morgan fingerprint density at radius 1 is 1.00 bits per heavy atom. The summed E-state index contributed by atoms with van der Waals surface area (Å²) in [5.41, 5.74) is 2.17. The van der Waals surface area contributed by atoms with Gasteiger partial charge in [0.15, 0.2) is 11.5 Å². The number of rotatable bonds is 7. The molecule has 2 aromatic carbocycles. The van der Waals surface area contributed by atoms with Crippen molar-refractivity contribution >= 4 is 17.6 Å². The van der Waals surface area contributed by atoms with Crippen molar-refractivity contribution in [3.8, 4) is 11.5 Å². The lowest BCUT2D eigenvalue weighted by molar-refractivity contribution is -0.386. The Bertz CT molecular complexity index is 1180. The molecular weight excluding hydrogens is 418 g/mol. The standard InChI is InChI=1S/C22H21N3O7/c1-13-20(25(28)29)14(2)24(23-13)12-15-5-7-16(8-6-15)22(27)32-18-10-9-17(21(26)31-4)11-19(18)30-3/h5-11H,12H2,1-4H3. The number of aromatic nitrogens is 2. The van der Waals surface area contributed by atoms with Crippen LogP contribution in [0.3, 0.4) is 0 Å². The first kappa shape index (κ1) is 22.5. The molecular formula is C22H21N3O7. The highest BCUT2D eigenvalue weighted by Crippen LogP contribution is 2.29. The molecule has 0 atom stereocenters. The van der Waals surface area contributed by atoms with Gasteiger partial charge in [0.2, 0.25) is 0 Å². The molecule has 0 aliphatic rings. The Kier molecular flexibility index (Phi) is 6.53. The summed E-state index contributed by atoms with van der Waals surface area (Å²) < 4.78 is 16.8. The molecule has 0 saturated heterocycles. The van der Waals surface area contributed by atoms with Crippen molar-refractivity contribution in [1.29, 1.82) is 0 Å². The zero-order chi connectivity index (χ0) is 23.4. The molecule has 0 radical (unpaired) electrons. The van der Waals surface area contributed by atoms with Crippen molar-refractivity contribution < 1.29 is 28.7 Å². The van der Waals surface area contributed by atoms with Crippen LogP contribution in [0.1, 0.15) is 37.7 Å². The van der Waals surface area contributed by atoms with Crippen LogP contribution in [0.25, 0.3) is 0 Å². The lowest BCUT2D eigenvalue weighted by Gasteiger charge is -2.11. The molecule has 0 N–H and O–H groups in total. The predicted octanol–water partition coefficient (Wildman–Crippen LogP) is 3.47. The number of hydrogen-bond acceptors (Lipinski definition) is 8. The molecule has 1 aromatic heterocycles. The number of benzene rings is 2. The van der Waals surface area contributed by atoms with Crippen molar-refractivity contribution in [3.63, 3.8) is 0 Å². The molecule has 0 fully saturated rings. The summed E-state index contributed by atoms with van der Waals surface area (Å²) in [5, 5.41) is 15.4. The monoisotopic (exact) mass is 439 g/mol. The van der Waals surface area contributed by atoms with Gasteiger partial charge in [0, 0.05) is 0 Å². The van der Waals surface area contributed by atoms with Crippen molar-refractivity contribution in [2.45, 2.75) is 20.4 Å². The van der Waals surface area contributed by atoms with E-state index < -0.39 is 16.9 Å². The van der Waals surface area contributed by atoms with E-state index in [0.717, 1.165) is 5.56 Å². The molecule has 0 saturated carbocycles. The van der Waals surface area contributed by atoms with E-state index in [1.54, 1.807) is 42.8 Å². The summed E-state index contributed by atoms with van der Waals surface area (Å²) in [5.74, 6) is -0.777. The Balaban J connectivity index is 1.74. The highest BCUT2D eigenvalue weighted by molar-refractivity contribution is 5.92. The van der Waals surface area contributed by atoms with Gasteiger partial charge in [0.1, 0.15) is 11.4 Å². The molecule has 0 unspecified atom stereocenters. The van der Waals surface area contributed by atoms with Crippen LogP contribution in [-0.4, -0.2) is 40.9 Å². The first-order chi connectivity index (χ1) is 15.2. The number of nitro groups is 1. The molecule has 0 aliphatic carbocycles. The molecule has 32 heavy (non-hydrogen) atoms. The van der Waals surface area contributed by atoms with E-state index in [1.807, 2.05) is 0 Å². The Morgan fingerprint density at radius 2 is 1.66 bits per heavy atom. The molecule has 0 aliphatic heterocycles. The van der Waals surface area contributed by atoms with Crippen molar-refractivity contribution in [1.82, 2.24) is 9.78 Å². The maximum Gasteiger partial charge on any atom is 0.343 e. The van der Waals surface area contributed by atoms with Crippen LogP contribution in [0.2, 0.25) is 0 Å². The lowest BCUT2D eigenvalue weighted by atomic mass is 10.1. The summed E-state index contributed by atoms with van der Waals surface area (Å²) in [6.07, 6.45) is 0. The van der Waals surface area contributed by atoms with Crippen LogP contribution in [0.4, 0.5) is 5.69 Å². The van der Waals surface area contributed by atoms with E-state index in [9.17, 15) is 19.7 Å². The number of hydrogen-bond donors (Lipinski definition) is 0. The average Bonchev–Trinajstić information content (AvgIpc) is 3.06. The fourth-order valence-corrected chi connectivity index (χ4v) is 3.18. The molecule has 3 aromatic rings. The molecule has 1 heterocycles. The fourth-order valence-electron chi connectivity index (χ4n) is 3.18. The minimum atomic E-state index is -0.609. The van der Waals surface area contributed by atoms with Gasteiger partial charge in [-0.25, -0.2) is 9.59 Å². The van der Waals surface area contributed by atoms with Crippen molar-refractivity contribution in [3.05, 3.63) is 80.7 Å². The topological polar surface area (TPSA) is 123 Å². The number of ether oxygens (including phenoxy) is 3. The second-order valence-electron chi connectivity index (χ2n) is 6.88. The van der Waals surface area contributed by atoms with Crippen molar-refractivity contribution in [2.24, 2.45) is 0 Å². The molecule has 0 spiro atoms. The summed E-state index contributed by atoms with van der Waals surface area (Å²) in [7, 11) is 2.66. The average molecular weight is 439 g/mol. The molecule has 166 valence electrons. The number of carbonyl (C=O) groups excluding carboxylic acids is 2. The number of methoxy groups -OCH3 is 2. The van der Waals surface area contributed by atoms with E-state index in [0.29, 0.717) is 23.5 Å².